The maximum Gasteiger partial charge on any atom is 0.273 e. The van der Waals surface area contributed by atoms with Gasteiger partial charge in [0.1, 0.15) is 0 Å². The molecule has 116 valence electrons. The Labute approximate surface area is 126 Å². The molecule has 21 heavy (non-hydrogen) atoms. The monoisotopic (exact) mass is 290 g/mol. The van der Waals surface area contributed by atoms with Gasteiger partial charge in [0, 0.05) is 24.8 Å². The Hall–Kier alpha value is -1.29. The average Bonchev–Trinajstić information content (AvgIpc) is 3.34. The summed E-state index contributed by atoms with van der Waals surface area (Å²) in [6.07, 6.45) is 9.05. The molecule has 1 aromatic rings. The van der Waals surface area contributed by atoms with Gasteiger partial charge >= 0.3 is 0 Å². The molecule has 1 aromatic heterocycles. The molecule has 2 aliphatic rings. The van der Waals surface area contributed by atoms with Gasteiger partial charge in [0.15, 0.2) is 0 Å². The van der Waals surface area contributed by atoms with E-state index in [1.807, 2.05) is 16.8 Å². The van der Waals surface area contributed by atoms with Gasteiger partial charge < -0.3 is 15.0 Å². The van der Waals surface area contributed by atoms with Crippen LogP contribution in [0.25, 0.3) is 0 Å². The summed E-state index contributed by atoms with van der Waals surface area (Å²) < 4.78 is 7.62. The number of pyridine rings is 1. The summed E-state index contributed by atoms with van der Waals surface area (Å²) >= 11 is 0. The Balaban J connectivity index is 1.68. The number of hydrogen-bond acceptors (Lipinski definition) is 3. The van der Waals surface area contributed by atoms with E-state index in [1.165, 1.54) is 18.4 Å². The first-order valence-corrected chi connectivity index (χ1v) is 8.21. The van der Waals surface area contributed by atoms with Gasteiger partial charge in [-0.15, -0.1) is 0 Å². The van der Waals surface area contributed by atoms with E-state index in [1.54, 1.807) is 0 Å². The molecule has 2 saturated carbocycles. The number of nitrogen functional groups attached to an aromatic ring is 1. The number of nitrogens with two attached hydrogens (primary N) is 1. The number of aromatic nitrogens is 1. The summed E-state index contributed by atoms with van der Waals surface area (Å²) in [7, 11) is 0. The van der Waals surface area contributed by atoms with Crippen LogP contribution in [-0.2, 0) is 11.3 Å². The molecular weight excluding hydrogens is 264 g/mol. The molecule has 2 fully saturated rings. The summed E-state index contributed by atoms with van der Waals surface area (Å²) in [6, 6.07) is 1.87. The number of nitrogens with zero attached hydrogens (tertiary/aromatic N) is 1. The minimum atomic E-state index is -0.0424. The molecule has 0 bridgehead atoms. The van der Waals surface area contributed by atoms with Crippen LogP contribution in [0.5, 0.6) is 0 Å². The van der Waals surface area contributed by atoms with Crippen molar-refractivity contribution in [2.24, 2.45) is 5.41 Å². The molecule has 0 radical (unpaired) electrons. The summed E-state index contributed by atoms with van der Waals surface area (Å²) in [5, 5.41) is 0. The number of unbranched alkanes of at least 4 members (excludes halogenated alkanes) is 1. The van der Waals surface area contributed by atoms with Crippen LogP contribution in [0, 0.1) is 5.41 Å². The second-order valence-corrected chi connectivity index (χ2v) is 6.84. The van der Waals surface area contributed by atoms with E-state index in [4.69, 9.17) is 10.5 Å². The second kappa shape index (κ2) is 5.84. The molecule has 0 aromatic carbocycles. The first kappa shape index (κ1) is 14.6. The molecule has 3 rings (SSSR count). The van der Waals surface area contributed by atoms with Gasteiger partial charge in [0.25, 0.3) is 5.56 Å². The minimum absolute atomic E-state index is 0.0424. The lowest BCUT2D eigenvalue weighted by atomic mass is 10.1. The highest BCUT2D eigenvalue weighted by Gasteiger charge is 2.43. The van der Waals surface area contributed by atoms with Crippen LogP contribution < -0.4 is 11.3 Å². The van der Waals surface area contributed by atoms with Crippen LogP contribution >= 0.6 is 0 Å². The maximum atomic E-state index is 12.2. The van der Waals surface area contributed by atoms with E-state index >= 15 is 0 Å². The van der Waals surface area contributed by atoms with Crippen molar-refractivity contribution < 1.29 is 4.74 Å². The van der Waals surface area contributed by atoms with Crippen molar-refractivity contribution in [1.82, 2.24) is 4.57 Å². The van der Waals surface area contributed by atoms with Crippen LogP contribution in [0.4, 0.5) is 5.69 Å². The number of anilines is 1. The molecule has 2 aliphatic carbocycles. The number of ether oxygens (including phenoxy) is 1. The third-order valence-electron chi connectivity index (χ3n) is 4.70. The van der Waals surface area contributed by atoms with E-state index in [2.05, 4.69) is 6.92 Å². The van der Waals surface area contributed by atoms with Crippen molar-refractivity contribution in [3.63, 3.8) is 0 Å². The second-order valence-electron chi connectivity index (χ2n) is 6.84. The zero-order chi connectivity index (χ0) is 14.9. The Morgan fingerprint density at radius 3 is 2.81 bits per heavy atom. The highest BCUT2D eigenvalue weighted by Crippen LogP contribution is 2.47. The molecule has 0 spiro atoms. The molecular formula is C17H26N2O2. The quantitative estimate of drug-likeness (QED) is 0.749. The Kier molecular flexibility index (Phi) is 4.07. The van der Waals surface area contributed by atoms with E-state index in [0.29, 0.717) is 11.6 Å². The third-order valence-corrected chi connectivity index (χ3v) is 4.70. The van der Waals surface area contributed by atoms with Gasteiger partial charge in [0.2, 0.25) is 0 Å². The van der Waals surface area contributed by atoms with Crippen molar-refractivity contribution in [3.8, 4) is 0 Å². The fourth-order valence-electron chi connectivity index (χ4n) is 2.86. The summed E-state index contributed by atoms with van der Waals surface area (Å²) in [6.45, 7) is 4.52. The largest absolute Gasteiger partial charge is 0.394 e. The normalized spacial score (nSPS) is 19.7. The van der Waals surface area contributed by atoms with Crippen LogP contribution in [-0.4, -0.2) is 17.8 Å². The standard InChI is InChI=1S/C17H26N2O2/c1-2-3-8-21-12-17(6-7-17)11-19-10-14(13-4-5-13)9-15(18)16(19)20/h9-10,13H,2-8,11-12,18H2,1H3. The van der Waals surface area contributed by atoms with Crippen LogP contribution in [0.1, 0.15) is 56.9 Å². The van der Waals surface area contributed by atoms with Gasteiger partial charge in [-0.3, -0.25) is 4.79 Å². The fourth-order valence-corrected chi connectivity index (χ4v) is 2.86. The molecule has 4 heteroatoms. The van der Waals surface area contributed by atoms with E-state index in [0.717, 1.165) is 45.4 Å². The predicted octanol–water partition coefficient (Wildman–Crippen LogP) is 2.90. The molecule has 0 aliphatic heterocycles. The number of rotatable bonds is 8. The first-order chi connectivity index (χ1) is 10.1. The van der Waals surface area contributed by atoms with Gasteiger partial charge in [-0.25, -0.2) is 0 Å². The molecule has 2 N–H and O–H groups in total. The van der Waals surface area contributed by atoms with Crippen molar-refractivity contribution >= 4 is 5.69 Å². The van der Waals surface area contributed by atoms with E-state index < -0.39 is 0 Å². The molecule has 0 amide bonds. The van der Waals surface area contributed by atoms with Gasteiger partial charge in [-0.2, -0.15) is 0 Å². The van der Waals surface area contributed by atoms with Crippen LogP contribution in [0.3, 0.4) is 0 Å². The molecule has 4 nitrogen and oxygen atoms in total. The van der Waals surface area contributed by atoms with Crippen molar-refractivity contribution in [3.05, 3.63) is 28.2 Å². The summed E-state index contributed by atoms with van der Waals surface area (Å²) in [5.74, 6) is 0.620. The molecule has 0 unspecified atom stereocenters. The SMILES string of the molecule is CCCCOCC1(Cn2cc(C3CC3)cc(N)c2=O)CC1. The summed E-state index contributed by atoms with van der Waals surface area (Å²) in [5.41, 5.74) is 7.65. The first-order valence-electron chi connectivity index (χ1n) is 8.21. The maximum absolute atomic E-state index is 12.2. The Morgan fingerprint density at radius 2 is 2.19 bits per heavy atom. The number of hydrogen-bond donors (Lipinski definition) is 1. The van der Waals surface area contributed by atoms with E-state index in [-0.39, 0.29) is 11.0 Å². The predicted molar refractivity (Wildman–Crippen MR) is 84.5 cm³/mol. The lowest BCUT2D eigenvalue weighted by Crippen LogP contribution is -2.29. The zero-order valence-electron chi connectivity index (χ0n) is 12.9. The lowest BCUT2D eigenvalue weighted by Gasteiger charge is -2.18. The molecule has 1 heterocycles. The topological polar surface area (TPSA) is 57.2 Å². The third kappa shape index (κ3) is 3.49. The average molecular weight is 290 g/mol. The molecule has 0 atom stereocenters. The van der Waals surface area contributed by atoms with Crippen molar-refractivity contribution in [2.75, 3.05) is 18.9 Å². The zero-order valence-corrected chi connectivity index (χ0v) is 12.9. The minimum Gasteiger partial charge on any atom is -0.394 e. The lowest BCUT2D eigenvalue weighted by molar-refractivity contribution is 0.0807. The van der Waals surface area contributed by atoms with E-state index in [9.17, 15) is 4.79 Å². The van der Waals surface area contributed by atoms with Crippen LogP contribution in [0.2, 0.25) is 0 Å². The summed E-state index contributed by atoms with van der Waals surface area (Å²) in [4.78, 5) is 12.2. The highest BCUT2D eigenvalue weighted by molar-refractivity contribution is 5.40. The highest BCUT2D eigenvalue weighted by atomic mass is 16.5. The van der Waals surface area contributed by atoms with Gasteiger partial charge in [-0.1, -0.05) is 13.3 Å². The van der Waals surface area contributed by atoms with Crippen molar-refractivity contribution in [2.45, 2.75) is 57.9 Å². The van der Waals surface area contributed by atoms with Gasteiger partial charge in [0.05, 0.1) is 12.3 Å². The Morgan fingerprint density at radius 1 is 1.43 bits per heavy atom. The smallest absolute Gasteiger partial charge is 0.273 e. The Bertz CT molecular complexity index is 556. The fraction of sp³-hybridized carbons (Fsp3) is 0.706. The van der Waals surface area contributed by atoms with Gasteiger partial charge in [-0.05, 0) is 49.7 Å². The van der Waals surface area contributed by atoms with Crippen molar-refractivity contribution in [1.29, 1.82) is 0 Å². The molecule has 0 saturated heterocycles. The van der Waals surface area contributed by atoms with Crippen LogP contribution in [0.15, 0.2) is 17.1 Å².